The van der Waals surface area contributed by atoms with Gasteiger partial charge in [0.05, 0.1) is 17.1 Å². The molecular weight excluding hydrogens is 518 g/mol. The van der Waals surface area contributed by atoms with Crippen molar-refractivity contribution >= 4 is 28.7 Å². The zero-order valence-electron chi connectivity index (χ0n) is 24.1. The number of piperidine rings is 2. The summed E-state index contributed by atoms with van der Waals surface area (Å²) in [5.74, 6) is 0.608. The minimum absolute atomic E-state index is 0.0577. The standard InChI is InChI=1S/C32H43N5O4/c1-19(38)33-27-18-35(29(27)32(40)41)30-31(39)37(28-12-5-4-11-26(28)34-30)25-16-22-9-6-10-23(17-25)36(22)24-14-20-7-2-3-8-21(13-20)15-24/h4-5,11-12,20-25,27,29H,2-3,6-10,13-18H2,1H3,(H,33,38)(H,40,41)/t20?,21?,22-,23-,24?,27-,29+/m1/s1. The average molecular weight is 562 g/mol. The molecule has 4 bridgehead atoms. The molecule has 0 radical (unpaired) electrons. The fraction of sp³-hybridized carbons (Fsp3) is 0.688. The second-order valence-electron chi connectivity index (χ2n) is 13.5. The zero-order valence-corrected chi connectivity index (χ0v) is 24.1. The van der Waals surface area contributed by atoms with Crippen molar-refractivity contribution in [1.82, 2.24) is 19.8 Å². The summed E-state index contributed by atoms with van der Waals surface area (Å²) in [6.45, 7) is 1.64. The van der Waals surface area contributed by atoms with Crippen LogP contribution < -0.4 is 15.8 Å². The van der Waals surface area contributed by atoms with Gasteiger partial charge in [-0.3, -0.25) is 14.5 Å². The first-order chi connectivity index (χ1) is 19.9. The molecule has 2 aliphatic carbocycles. The third-order valence-electron chi connectivity index (χ3n) is 10.9. The summed E-state index contributed by atoms with van der Waals surface area (Å²) in [6.07, 6.45) is 15.3. The predicted molar refractivity (Wildman–Crippen MR) is 157 cm³/mol. The molecule has 220 valence electrons. The Labute approximate surface area is 241 Å². The van der Waals surface area contributed by atoms with Crippen molar-refractivity contribution in [1.29, 1.82) is 0 Å². The van der Waals surface area contributed by atoms with Crippen LogP contribution in [0.15, 0.2) is 29.1 Å². The Kier molecular flexibility index (Phi) is 7.04. The number of hydrogen-bond donors (Lipinski definition) is 2. The van der Waals surface area contributed by atoms with Crippen LogP contribution in [-0.4, -0.2) is 68.2 Å². The van der Waals surface area contributed by atoms with E-state index >= 15 is 0 Å². The number of rotatable bonds is 5. The van der Waals surface area contributed by atoms with Crippen LogP contribution in [0.1, 0.15) is 90.0 Å². The van der Waals surface area contributed by atoms with Crippen LogP contribution >= 0.6 is 0 Å². The lowest BCUT2D eigenvalue weighted by Gasteiger charge is -2.54. The molecule has 9 heteroatoms. The Morgan fingerprint density at radius 2 is 1.56 bits per heavy atom. The molecule has 3 aliphatic heterocycles. The molecule has 6 atom stereocenters. The summed E-state index contributed by atoms with van der Waals surface area (Å²) in [4.78, 5) is 47.3. The second kappa shape index (κ2) is 10.7. The highest BCUT2D eigenvalue weighted by molar-refractivity contribution is 5.85. The number of hydrogen-bond acceptors (Lipinski definition) is 6. The van der Waals surface area contributed by atoms with Crippen molar-refractivity contribution in [3.8, 4) is 0 Å². The number of benzene rings is 1. The van der Waals surface area contributed by atoms with Crippen LogP contribution in [0.25, 0.3) is 11.0 Å². The number of anilines is 1. The first kappa shape index (κ1) is 26.9. The van der Waals surface area contributed by atoms with Gasteiger partial charge < -0.3 is 19.9 Å². The Morgan fingerprint density at radius 3 is 2.22 bits per heavy atom. The summed E-state index contributed by atoms with van der Waals surface area (Å²) in [5.41, 5.74) is 1.32. The van der Waals surface area contributed by atoms with Crippen LogP contribution in [0.2, 0.25) is 0 Å². The fourth-order valence-electron chi connectivity index (χ4n) is 9.41. The average Bonchev–Trinajstić information content (AvgIpc) is 3.08. The number of para-hydroxylation sites is 2. The number of carboxylic acid groups (broad SMARTS) is 1. The number of aromatic nitrogens is 2. The summed E-state index contributed by atoms with van der Waals surface area (Å²) in [7, 11) is 0. The molecule has 7 rings (SSSR count). The molecule has 0 spiro atoms. The van der Waals surface area contributed by atoms with Crippen molar-refractivity contribution in [3.63, 3.8) is 0 Å². The number of aliphatic carboxylic acids is 1. The molecule has 4 heterocycles. The van der Waals surface area contributed by atoms with Gasteiger partial charge in [0.15, 0.2) is 11.9 Å². The van der Waals surface area contributed by atoms with Crippen molar-refractivity contribution < 1.29 is 14.7 Å². The molecule has 2 aromatic rings. The normalized spacial score (nSPS) is 35.4. The van der Waals surface area contributed by atoms with E-state index in [4.69, 9.17) is 4.98 Å². The van der Waals surface area contributed by atoms with Gasteiger partial charge in [-0.1, -0.05) is 44.2 Å². The first-order valence-electron chi connectivity index (χ1n) is 15.9. The molecule has 3 saturated heterocycles. The lowest BCUT2D eigenvalue weighted by Crippen LogP contribution is -2.71. The number of nitrogens with zero attached hydrogens (tertiary/aromatic N) is 4. The number of carboxylic acids is 1. The van der Waals surface area contributed by atoms with E-state index in [0.717, 1.165) is 30.2 Å². The summed E-state index contributed by atoms with van der Waals surface area (Å²) >= 11 is 0. The maximum absolute atomic E-state index is 14.3. The minimum Gasteiger partial charge on any atom is -0.480 e. The lowest BCUT2D eigenvalue weighted by molar-refractivity contribution is -0.141. The van der Waals surface area contributed by atoms with Gasteiger partial charge in [0.25, 0.3) is 5.56 Å². The molecule has 1 amide bonds. The number of carbonyl (C=O) groups excluding carboxylic acids is 1. The number of carbonyl (C=O) groups is 2. The van der Waals surface area contributed by atoms with Gasteiger partial charge in [0.1, 0.15) is 0 Å². The maximum atomic E-state index is 14.3. The van der Waals surface area contributed by atoms with Crippen molar-refractivity contribution in [2.45, 2.75) is 120 Å². The summed E-state index contributed by atoms with van der Waals surface area (Å²) in [5, 5.41) is 12.7. The van der Waals surface area contributed by atoms with Gasteiger partial charge in [-0.15, -0.1) is 0 Å². The van der Waals surface area contributed by atoms with Gasteiger partial charge in [-0.2, -0.15) is 0 Å². The van der Waals surface area contributed by atoms with Crippen LogP contribution in [0.3, 0.4) is 0 Å². The third kappa shape index (κ3) is 4.84. The van der Waals surface area contributed by atoms with Crippen LogP contribution in [0, 0.1) is 11.8 Å². The van der Waals surface area contributed by atoms with Crippen LogP contribution in [-0.2, 0) is 9.59 Å². The molecular formula is C32H43N5O4. The zero-order chi connectivity index (χ0) is 28.2. The second-order valence-corrected chi connectivity index (χ2v) is 13.5. The fourth-order valence-corrected chi connectivity index (χ4v) is 9.41. The maximum Gasteiger partial charge on any atom is 0.328 e. The van der Waals surface area contributed by atoms with Gasteiger partial charge in [0.2, 0.25) is 5.91 Å². The summed E-state index contributed by atoms with van der Waals surface area (Å²) in [6, 6.07) is 7.91. The Balaban J connectivity index is 1.21. The minimum atomic E-state index is -1.06. The Morgan fingerprint density at radius 1 is 0.878 bits per heavy atom. The third-order valence-corrected chi connectivity index (χ3v) is 10.9. The Bertz CT molecular complexity index is 1360. The largest absolute Gasteiger partial charge is 0.480 e. The molecule has 1 aromatic heterocycles. The molecule has 5 aliphatic rings. The summed E-state index contributed by atoms with van der Waals surface area (Å²) < 4.78 is 1.95. The van der Waals surface area contributed by atoms with Gasteiger partial charge in [-0.25, -0.2) is 9.78 Å². The van der Waals surface area contributed by atoms with Gasteiger partial charge >= 0.3 is 5.97 Å². The number of fused-ring (bicyclic) bond motifs is 5. The predicted octanol–water partition coefficient (Wildman–Crippen LogP) is 4.09. The SMILES string of the molecule is CC(=O)N[C@@H]1CN(c2nc3ccccc3n(C3C[C@H]4CCC[C@H](C3)N4C3CC4CCCCC(C4)C3)c2=O)[C@@H]1C(=O)O. The highest BCUT2D eigenvalue weighted by Crippen LogP contribution is 2.47. The van der Waals surface area contributed by atoms with E-state index in [-0.39, 0.29) is 29.9 Å². The van der Waals surface area contributed by atoms with Crippen molar-refractivity contribution in [2.75, 3.05) is 11.4 Å². The van der Waals surface area contributed by atoms with E-state index in [1.165, 1.54) is 71.1 Å². The Hall–Kier alpha value is -2.94. The molecule has 2 N–H and O–H groups in total. The molecule has 5 fully saturated rings. The van der Waals surface area contributed by atoms with E-state index in [0.29, 0.717) is 23.6 Å². The highest BCUT2D eigenvalue weighted by atomic mass is 16.4. The number of nitrogens with one attached hydrogen (secondary N) is 1. The van der Waals surface area contributed by atoms with Crippen LogP contribution in [0.4, 0.5) is 5.82 Å². The monoisotopic (exact) mass is 561 g/mol. The van der Waals surface area contributed by atoms with E-state index in [9.17, 15) is 19.5 Å². The molecule has 1 aromatic carbocycles. The van der Waals surface area contributed by atoms with E-state index in [1.807, 2.05) is 28.8 Å². The van der Waals surface area contributed by atoms with E-state index in [2.05, 4.69) is 10.2 Å². The molecule has 9 nitrogen and oxygen atoms in total. The molecule has 2 saturated carbocycles. The van der Waals surface area contributed by atoms with Gasteiger partial charge in [0, 0.05) is 37.6 Å². The quantitative estimate of drug-likeness (QED) is 0.566. The van der Waals surface area contributed by atoms with E-state index < -0.39 is 18.1 Å². The number of amides is 1. The van der Waals surface area contributed by atoms with Crippen molar-refractivity contribution in [3.05, 3.63) is 34.6 Å². The van der Waals surface area contributed by atoms with E-state index in [1.54, 1.807) is 4.90 Å². The smallest absolute Gasteiger partial charge is 0.328 e. The first-order valence-corrected chi connectivity index (χ1v) is 15.9. The highest BCUT2D eigenvalue weighted by Gasteiger charge is 2.48. The van der Waals surface area contributed by atoms with Gasteiger partial charge in [-0.05, 0) is 68.9 Å². The van der Waals surface area contributed by atoms with Crippen molar-refractivity contribution in [2.24, 2.45) is 11.8 Å². The molecule has 41 heavy (non-hydrogen) atoms. The molecule has 2 unspecified atom stereocenters. The lowest BCUT2D eigenvalue weighted by atomic mass is 9.73. The van der Waals surface area contributed by atoms with Crippen LogP contribution in [0.5, 0.6) is 0 Å². The topological polar surface area (TPSA) is 108 Å².